The second-order valence-electron chi connectivity index (χ2n) is 3.52. The number of carboxylic acids is 1. The van der Waals surface area contributed by atoms with E-state index in [-0.39, 0.29) is 28.0 Å². The van der Waals surface area contributed by atoms with E-state index in [4.69, 9.17) is 21.4 Å². The van der Waals surface area contributed by atoms with Crippen LogP contribution in [0.1, 0.15) is 10.5 Å². The fraction of sp³-hybridized carbons (Fsp3) is 0. The van der Waals surface area contributed by atoms with Crippen molar-refractivity contribution in [2.45, 2.75) is 0 Å². The highest BCUT2D eigenvalue weighted by molar-refractivity contribution is 6.30. The average molecular weight is 296 g/mol. The van der Waals surface area contributed by atoms with Gasteiger partial charge in [-0.15, -0.1) is 0 Å². The number of benzene rings is 1. The summed E-state index contributed by atoms with van der Waals surface area (Å²) in [5.41, 5.74) is -0.695. The highest BCUT2D eigenvalue weighted by Crippen LogP contribution is 2.32. The summed E-state index contributed by atoms with van der Waals surface area (Å²) in [7, 11) is 0. The first-order valence-corrected chi connectivity index (χ1v) is 5.52. The molecule has 8 nitrogen and oxygen atoms in total. The Morgan fingerprint density at radius 1 is 1.40 bits per heavy atom. The van der Waals surface area contributed by atoms with Gasteiger partial charge >= 0.3 is 11.7 Å². The zero-order valence-electron chi connectivity index (χ0n) is 9.69. The standard InChI is InChI=1S/C11H6ClN3O5/c12-6-1-2-9(8(3-6)15(18)19)20-10-5-13-4-7(14-10)11(16)17/h1-5H,(H,16,17). The first kappa shape index (κ1) is 13.7. The number of aromatic carboxylic acids is 1. The topological polar surface area (TPSA) is 115 Å². The van der Waals surface area contributed by atoms with Crippen molar-refractivity contribution in [2.75, 3.05) is 0 Å². The van der Waals surface area contributed by atoms with Gasteiger partial charge in [-0.3, -0.25) is 15.1 Å². The van der Waals surface area contributed by atoms with Crippen molar-refractivity contribution in [2.24, 2.45) is 0 Å². The monoisotopic (exact) mass is 295 g/mol. The summed E-state index contributed by atoms with van der Waals surface area (Å²) in [4.78, 5) is 28.2. The Bertz CT molecular complexity index is 692. The third kappa shape index (κ3) is 2.98. The SMILES string of the molecule is O=C(O)c1cncc(Oc2ccc(Cl)cc2[N+](=O)[O-])n1. The number of halogens is 1. The molecule has 0 aliphatic heterocycles. The molecule has 102 valence electrons. The molecule has 0 saturated carbocycles. The van der Waals surface area contributed by atoms with E-state index in [1.165, 1.54) is 12.1 Å². The Labute approximate surface area is 116 Å². The van der Waals surface area contributed by atoms with Crippen LogP contribution in [-0.2, 0) is 0 Å². The number of hydrogen-bond acceptors (Lipinski definition) is 6. The third-order valence-electron chi connectivity index (χ3n) is 2.16. The van der Waals surface area contributed by atoms with Gasteiger partial charge in [0.15, 0.2) is 5.69 Å². The van der Waals surface area contributed by atoms with Gasteiger partial charge < -0.3 is 9.84 Å². The Kier molecular flexibility index (Phi) is 3.76. The number of nitro benzene ring substituents is 1. The predicted molar refractivity (Wildman–Crippen MR) is 67.2 cm³/mol. The molecule has 0 spiro atoms. The number of ether oxygens (including phenoxy) is 1. The van der Waals surface area contributed by atoms with E-state index in [0.717, 1.165) is 18.5 Å². The van der Waals surface area contributed by atoms with Crippen LogP contribution in [0, 0.1) is 10.1 Å². The van der Waals surface area contributed by atoms with Crippen molar-refractivity contribution in [3.63, 3.8) is 0 Å². The molecule has 0 bridgehead atoms. The number of nitro groups is 1. The molecule has 9 heteroatoms. The lowest BCUT2D eigenvalue weighted by atomic mass is 10.3. The minimum absolute atomic E-state index is 0.115. The zero-order chi connectivity index (χ0) is 14.7. The van der Waals surface area contributed by atoms with Crippen molar-refractivity contribution in [3.8, 4) is 11.6 Å². The van der Waals surface area contributed by atoms with Gasteiger partial charge in [0.1, 0.15) is 0 Å². The summed E-state index contributed by atoms with van der Waals surface area (Å²) in [5.74, 6) is -1.57. The Hall–Kier alpha value is -2.74. The van der Waals surface area contributed by atoms with Gasteiger partial charge in [0.05, 0.1) is 17.3 Å². The molecule has 0 saturated heterocycles. The molecule has 2 rings (SSSR count). The summed E-state index contributed by atoms with van der Waals surface area (Å²) < 4.78 is 5.18. The molecule has 0 fully saturated rings. The number of hydrogen-bond donors (Lipinski definition) is 1. The molecule has 1 aromatic heterocycles. The molecule has 1 heterocycles. The quantitative estimate of drug-likeness (QED) is 0.680. The molecule has 0 aliphatic carbocycles. The lowest BCUT2D eigenvalue weighted by Gasteiger charge is -2.05. The summed E-state index contributed by atoms with van der Waals surface area (Å²) >= 11 is 5.66. The third-order valence-corrected chi connectivity index (χ3v) is 2.40. The van der Waals surface area contributed by atoms with Crippen molar-refractivity contribution in [3.05, 3.63) is 51.4 Å². The van der Waals surface area contributed by atoms with Crippen LogP contribution in [0.3, 0.4) is 0 Å². The Morgan fingerprint density at radius 3 is 2.80 bits per heavy atom. The van der Waals surface area contributed by atoms with Gasteiger partial charge in [-0.2, -0.15) is 0 Å². The summed E-state index contributed by atoms with van der Waals surface area (Å²) in [6.45, 7) is 0. The molecule has 2 aromatic rings. The normalized spacial score (nSPS) is 10.1. The number of rotatable bonds is 4. The van der Waals surface area contributed by atoms with Crippen LogP contribution in [0.15, 0.2) is 30.6 Å². The Morgan fingerprint density at radius 2 is 2.15 bits per heavy atom. The molecule has 1 aromatic carbocycles. The highest BCUT2D eigenvalue weighted by Gasteiger charge is 2.17. The molecule has 0 radical (unpaired) electrons. The van der Waals surface area contributed by atoms with Crippen molar-refractivity contribution >= 4 is 23.3 Å². The zero-order valence-corrected chi connectivity index (χ0v) is 10.4. The van der Waals surface area contributed by atoms with Gasteiger partial charge in [-0.25, -0.2) is 9.78 Å². The van der Waals surface area contributed by atoms with Gasteiger partial charge in [0.25, 0.3) is 0 Å². The van der Waals surface area contributed by atoms with Gasteiger partial charge in [-0.1, -0.05) is 11.6 Å². The fourth-order valence-electron chi connectivity index (χ4n) is 1.33. The lowest BCUT2D eigenvalue weighted by molar-refractivity contribution is -0.385. The van der Waals surface area contributed by atoms with Crippen LogP contribution in [0.2, 0.25) is 5.02 Å². The van der Waals surface area contributed by atoms with E-state index in [0.29, 0.717) is 0 Å². The number of aromatic nitrogens is 2. The fourth-order valence-corrected chi connectivity index (χ4v) is 1.50. The Balaban J connectivity index is 2.37. The van der Waals surface area contributed by atoms with E-state index in [9.17, 15) is 14.9 Å². The molecule has 0 atom stereocenters. The van der Waals surface area contributed by atoms with Crippen LogP contribution < -0.4 is 4.74 Å². The number of nitrogens with zero attached hydrogens (tertiary/aromatic N) is 3. The molecule has 0 amide bonds. The van der Waals surface area contributed by atoms with Gasteiger partial charge in [-0.05, 0) is 12.1 Å². The van der Waals surface area contributed by atoms with Crippen molar-refractivity contribution < 1.29 is 19.6 Å². The molecule has 1 N–H and O–H groups in total. The minimum atomic E-state index is -1.28. The molecule has 0 aliphatic rings. The summed E-state index contributed by atoms with van der Waals surface area (Å²) in [5, 5.41) is 19.8. The van der Waals surface area contributed by atoms with Crippen LogP contribution in [0.25, 0.3) is 0 Å². The number of carbonyl (C=O) groups is 1. The average Bonchev–Trinajstić information content (AvgIpc) is 2.41. The molecular formula is C11H6ClN3O5. The van der Waals surface area contributed by atoms with Crippen LogP contribution >= 0.6 is 11.6 Å². The first-order chi connectivity index (χ1) is 9.47. The van der Waals surface area contributed by atoms with E-state index in [1.807, 2.05) is 0 Å². The maximum atomic E-state index is 10.9. The molecule has 0 unspecified atom stereocenters. The van der Waals surface area contributed by atoms with Gasteiger partial charge in [0, 0.05) is 11.1 Å². The van der Waals surface area contributed by atoms with Crippen molar-refractivity contribution in [1.82, 2.24) is 9.97 Å². The summed E-state index contributed by atoms with van der Waals surface area (Å²) in [6, 6.07) is 3.80. The highest BCUT2D eigenvalue weighted by atomic mass is 35.5. The summed E-state index contributed by atoms with van der Waals surface area (Å²) in [6.07, 6.45) is 2.18. The predicted octanol–water partition coefficient (Wildman–Crippen LogP) is 2.53. The van der Waals surface area contributed by atoms with Crippen molar-refractivity contribution in [1.29, 1.82) is 0 Å². The van der Waals surface area contributed by atoms with E-state index in [1.54, 1.807) is 0 Å². The van der Waals surface area contributed by atoms with E-state index < -0.39 is 10.9 Å². The maximum absolute atomic E-state index is 10.9. The smallest absolute Gasteiger partial charge is 0.356 e. The van der Waals surface area contributed by atoms with E-state index in [2.05, 4.69) is 9.97 Å². The minimum Gasteiger partial charge on any atom is -0.476 e. The largest absolute Gasteiger partial charge is 0.476 e. The van der Waals surface area contributed by atoms with Crippen LogP contribution in [0.4, 0.5) is 5.69 Å². The first-order valence-electron chi connectivity index (χ1n) is 5.14. The van der Waals surface area contributed by atoms with Crippen LogP contribution in [-0.4, -0.2) is 26.0 Å². The second kappa shape index (κ2) is 5.49. The second-order valence-corrected chi connectivity index (χ2v) is 3.96. The van der Waals surface area contributed by atoms with E-state index >= 15 is 0 Å². The maximum Gasteiger partial charge on any atom is 0.356 e. The molecular weight excluding hydrogens is 290 g/mol. The lowest BCUT2D eigenvalue weighted by Crippen LogP contribution is -2.02. The van der Waals surface area contributed by atoms with Crippen LogP contribution in [0.5, 0.6) is 11.6 Å². The number of carboxylic acid groups (broad SMARTS) is 1. The van der Waals surface area contributed by atoms with Gasteiger partial charge in [0.2, 0.25) is 11.6 Å². The molecule has 20 heavy (non-hydrogen) atoms.